The molecule has 1 saturated carbocycles. The molecule has 2 heterocycles. The predicted octanol–water partition coefficient (Wildman–Crippen LogP) is 2.18. The summed E-state index contributed by atoms with van der Waals surface area (Å²) in [6, 6.07) is 2.68. The first-order valence-electron chi connectivity index (χ1n) is 8.66. The first-order chi connectivity index (χ1) is 11.1. The van der Waals surface area contributed by atoms with Gasteiger partial charge in [0.1, 0.15) is 12.4 Å². The fourth-order valence-corrected chi connectivity index (χ4v) is 3.51. The van der Waals surface area contributed by atoms with Gasteiger partial charge in [0, 0.05) is 25.7 Å². The molecule has 5 heteroatoms. The summed E-state index contributed by atoms with van der Waals surface area (Å²) in [4.78, 5) is 17.6. The molecular formula is C18H27N3O2. The lowest BCUT2D eigenvalue weighted by Crippen LogP contribution is -2.30. The van der Waals surface area contributed by atoms with Gasteiger partial charge >= 0.3 is 0 Å². The second kappa shape index (κ2) is 7.30. The van der Waals surface area contributed by atoms with Gasteiger partial charge in [-0.05, 0) is 62.7 Å². The van der Waals surface area contributed by atoms with Crippen molar-refractivity contribution in [3.05, 3.63) is 24.0 Å². The quantitative estimate of drug-likeness (QED) is 0.837. The van der Waals surface area contributed by atoms with Gasteiger partial charge in [-0.2, -0.15) is 0 Å². The number of carbonyl (C=O) groups excluding carboxylic acids is 1. The first-order valence-corrected chi connectivity index (χ1v) is 8.66. The molecular weight excluding hydrogens is 290 g/mol. The summed E-state index contributed by atoms with van der Waals surface area (Å²) in [6.07, 6.45) is 8.49. The maximum Gasteiger partial charge on any atom is 0.216 e. The van der Waals surface area contributed by atoms with Crippen LogP contribution in [0.2, 0.25) is 0 Å². The van der Waals surface area contributed by atoms with Crippen LogP contribution in [0, 0.1) is 5.92 Å². The number of hydrogen-bond donors (Lipinski definition) is 1. The van der Waals surface area contributed by atoms with Crippen LogP contribution in [0.3, 0.4) is 0 Å². The molecule has 1 saturated heterocycles. The van der Waals surface area contributed by atoms with E-state index in [1.54, 1.807) is 6.92 Å². The van der Waals surface area contributed by atoms with E-state index in [1.165, 1.54) is 31.4 Å². The molecule has 23 heavy (non-hydrogen) atoms. The molecule has 0 spiro atoms. The Morgan fingerprint density at radius 2 is 2.35 bits per heavy atom. The lowest BCUT2D eigenvalue weighted by molar-refractivity contribution is -0.118. The molecule has 5 nitrogen and oxygen atoms in total. The summed E-state index contributed by atoms with van der Waals surface area (Å²) in [6.45, 7) is 4.26. The van der Waals surface area contributed by atoms with Crippen LogP contribution in [-0.4, -0.2) is 48.6 Å². The third-order valence-corrected chi connectivity index (χ3v) is 5.09. The molecule has 1 amide bonds. The van der Waals surface area contributed by atoms with E-state index >= 15 is 0 Å². The molecule has 0 radical (unpaired) electrons. The van der Waals surface area contributed by atoms with E-state index in [1.807, 2.05) is 12.4 Å². The Labute approximate surface area is 138 Å². The van der Waals surface area contributed by atoms with Gasteiger partial charge in [0.2, 0.25) is 5.91 Å². The van der Waals surface area contributed by atoms with E-state index in [0.717, 1.165) is 25.3 Å². The van der Waals surface area contributed by atoms with Gasteiger partial charge in [-0.1, -0.05) is 0 Å². The fraction of sp³-hybridized carbons (Fsp3) is 0.667. The van der Waals surface area contributed by atoms with Gasteiger partial charge in [0.05, 0.1) is 6.20 Å². The molecule has 2 aliphatic rings. The highest BCUT2D eigenvalue weighted by Crippen LogP contribution is 2.49. The Kier molecular flexibility index (Phi) is 5.16. The van der Waals surface area contributed by atoms with Crippen molar-refractivity contribution in [3.63, 3.8) is 0 Å². The minimum Gasteiger partial charge on any atom is -0.490 e. The molecule has 3 rings (SSSR count). The number of likely N-dealkylation sites (N-methyl/N-ethyl adjacent to an activating group) is 1. The van der Waals surface area contributed by atoms with Gasteiger partial charge in [-0.3, -0.25) is 9.78 Å². The maximum atomic E-state index is 10.9. The molecule has 1 aliphatic heterocycles. The number of nitrogens with zero attached hydrogens (tertiary/aromatic N) is 2. The highest BCUT2D eigenvalue weighted by atomic mass is 16.5. The van der Waals surface area contributed by atoms with Gasteiger partial charge in [0.15, 0.2) is 0 Å². The third-order valence-electron chi connectivity index (χ3n) is 5.09. The van der Waals surface area contributed by atoms with E-state index in [-0.39, 0.29) is 5.91 Å². The summed E-state index contributed by atoms with van der Waals surface area (Å²) >= 11 is 0. The zero-order valence-corrected chi connectivity index (χ0v) is 14.1. The molecule has 0 unspecified atom stereocenters. The van der Waals surface area contributed by atoms with E-state index in [9.17, 15) is 4.79 Å². The molecule has 126 valence electrons. The van der Waals surface area contributed by atoms with E-state index in [4.69, 9.17) is 4.74 Å². The number of pyridine rings is 1. The van der Waals surface area contributed by atoms with Crippen LogP contribution in [0.1, 0.15) is 44.1 Å². The summed E-state index contributed by atoms with van der Waals surface area (Å²) < 4.78 is 5.97. The number of likely N-dealkylation sites (tertiary alicyclic amines) is 1. The van der Waals surface area contributed by atoms with Crippen LogP contribution in [-0.2, 0) is 4.79 Å². The number of amides is 1. The Balaban J connectivity index is 1.47. The van der Waals surface area contributed by atoms with Crippen LogP contribution < -0.4 is 10.1 Å². The maximum absolute atomic E-state index is 10.9. The first kappa shape index (κ1) is 16.2. The van der Waals surface area contributed by atoms with Gasteiger partial charge in [0.25, 0.3) is 0 Å². The average molecular weight is 317 g/mol. The van der Waals surface area contributed by atoms with Crippen molar-refractivity contribution in [2.75, 3.05) is 26.7 Å². The Hall–Kier alpha value is -1.62. The Morgan fingerprint density at radius 1 is 1.48 bits per heavy atom. The second-order valence-corrected chi connectivity index (χ2v) is 6.92. The second-order valence-electron chi connectivity index (χ2n) is 6.92. The minimum atomic E-state index is 0.0520. The molecule has 1 aromatic rings. The van der Waals surface area contributed by atoms with Gasteiger partial charge in [-0.15, -0.1) is 0 Å². The fourth-order valence-electron chi connectivity index (χ4n) is 3.51. The normalized spacial score (nSPS) is 27.0. The monoisotopic (exact) mass is 317 g/mol. The number of aromatic nitrogens is 1. The number of ether oxygens (including phenoxy) is 1. The molecule has 0 bridgehead atoms. The van der Waals surface area contributed by atoms with Crippen LogP contribution in [0.15, 0.2) is 18.5 Å². The largest absolute Gasteiger partial charge is 0.490 e. The molecule has 1 aromatic heterocycles. The average Bonchev–Trinajstić information content (AvgIpc) is 3.19. The zero-order chi connectivity index (χ0) is 16.2. The van der Waals surface area contributed by atoms with Crippen molar-refractivity contribution in [1.82, 2.24) is 15.2 Å². The lowest BCUT2D eigenvalue weighted by atomic mass is 10.1. The van der Waals surface area contributed by atoms with Crippen LogP contribution in [0.4, 0.5) is 0 Å². The van der Waals surface area contributed by atoms with Gasteiger partial charge < -0.3 is 15.0 Å². The van der Waals surface area contributed by atoms with Crippen molar-refractivity contribution in [2.45, 2.75) is 44.6 Å². The SMILES string of the molecule is CC(=O)NCC[C@@H]1C[C@@H]1c1cncc(OC[C@@H]2CCCN2C)c1. The smallest absolute Gasteiger partial charge is 0.216 e. The summed E-state index contributed by atoms with van der Waals surface area (Å²) in [5, 5.41) is 2.87. The van der Waals surface area contributed by atoms with Crippen molar-refractivity contribution in [1.29, 1.82) is 0 Å². The van der Waals surface area contributed by atoms with E-state index < -0.39 is 0 Å². The molecule has 3 atom stereocenters. The number of carbonyl (C=O) groups is 1. The predicted molar refractivity (Wildman–Crippen MR) is 89.5 cm³/mol. The van der Waals surface area contributed by atoms with Crippen LogP contribution in [0.5, 0.6) is 5.75 Å². The Bertz CT molecular complexity index is 549. The van der Waals surface area contributed by atoms with Crippen molar-refractivity contribution < 1.29 is 9.53 Å². The standard InChI is InChI=1S/C18H27N3O2/c1-13(22)20-6-5-14-9-18(14)15-8-17(11-19-10-15)23-12-16-4-3-7-21(16)2/h8,10-11,14,16,18H,3-7,9,12H2,1-2H3,(H,20,22)/t14-,16+,18+/m1/s1. The number of hydrogen-bond acceptors (Lipinski definition) is 4. The molecule has 2 fully saturated rings. The van der Waals surface area contributed by atoms with E-state index in [2.05, 4.69) is 28.3 Å². The minimum absolute atomic E-state index is 0.0520. The number of nitrogens with one attached hydrogen (secondary N) is 1. The highest BCUT2D eigenvalue weighted by Gasteiger charge is 2.38. The van der Waals surface area contributed by atoms with Crippen LogP contribution in [0.25, 0.3) is 0 Å². The van der Waals surface area contributed by atoms with Crippen molar-refractivity contribution in [2.24, 2.45) is 5.92 Å². The number of rotatable bonds is 7. The topological polar surface area (TPSA) is 54.5 Å². The lowest BCUT2D eigenvalue weighted by Gasteiger charge is -2.19. The highest BCUT2D eigenvalue weighted by molar-refractivity contribution is 5.72. The zero-order valence-electron chi connectivity index (χ0n) is 14.1. The van der Waals surface area contributed by atoms with Crippen LogP contribution >= 0.6 is 0 Å². The molecule has 1 aliphatic carbocycles. The summed E-state index contributed by atoms with van der Waals surface area (Å²) in [5.41, 5.74) is 1.27. The Morgan fingerprint density at radius 3 is 3.09 bits per heavy atom. The summed E-state index contributed by atoms with van der Waals surface area (Å²) in [5.74, 6) is 2.18. The van der Waals surface area contributed by atoms with E-state index in [0.29, 0.717) is 17.9 Å². The molecule has 1 N–H and O–H groups in total. The third kappa shape index (κ3) is 4.44. The van der Waals surface area contributed by atoms with Crippen molar-refractivity contribution in [3.8, 4) is 5.75 Å². The van der Waals surface area contributed by atoms with Crippen molar-refractivity contribution >= 4 is 5.91 Å². The van der Waals surface area contributed by atoms with Gasteiger partial charge in [-0.25, -0.2) is 0 Å². The summed E-state index contributed by atoms with van der Waals surface area (Å²) in [7, 11) is 2.17. The molecule has 0 aromatic carbocycles.